The predicted octanol–water partition coefficient (Wildman–Crippen LogP) is 11.7. The van der Waals surface area contributed by atoms with Crippen molar-refractivity contribution in [2.24, 2.45) is 0 Å². The fourth-order valence-electron chi connectivity index (χ4n) is 2.89. The second-order valence-electron chi connectivity index (χ2n) is 7.40. The topological polar surface area (TPSA) is 0 Å². The lowest BCUT2D eigenvalue weighted by Crippen LogP contribution is -2.13. The highest BCUT2D eigenvalue weighted by molar-refractivity contribution is 8.52. The summed E-state index contributed by atoms with van der Waals surface area (Å²) in [5.41, 5.74) is -0.305. The summed E-state index contributed by atoms with van der Waals surface area (Å²) in [5.74, 6) is 0. The van der Waals surface area contributed by atoms with Crippen LogP contribution in [0.2, 0.25) is 0 Å². The number of hydrogen-bond acceptors (Lipinski definition) is 0. The first-order valence-corrected chi connectivity index (χ1v) is 14.2. The van der Waals surface area contributed by atoms with Gasteiger partial charge >= 0.3 is 0 Å². The van der Waals surface area contributed by atoms with Gasteiger partial charge in [-0.1, -0.05) is 83.9 Å². The smallest absolute Gasteiger partial charge is 0.117 e. The number of hydrogen-bond donors (Lipinski definition) is 0. The Balaban J connectivity index is 2.10. The van der Waals surface area contributed by atoms with Gasteiger partial charge in [-0.2, -0.15) is 0 Å². The number of benzene rings is 3. The van der Waals surface area contributed by atoms with E-state index < -0.39 is 50.3 Å². The lowest BCUT2D eigenvalue weighted by molar-refractivity contribution is 0.458. The molecule has 3 aromatic rings. The zero-order valence-corrected chi connectivity index (χ0v) is 20.0. The van der Waals surface area contributed by atoms with Crippen molar-refractivity contribution in [2.45, 2.75) is 9.79 Å². The molecule has 0 unspecified atom stereocenters. The van der Waals surface area contributed by atoms with Crippen LogP contribution in [-0.2, 0) is 0 Å². The SMILES string of the molecule is FS(F)(F)(F)(C=C(Cl)c1ccccc1)c1ccc(S(F)(F)(F)(F)C=C(Cl)c2ccccc2)cc1. The minimum absolute atomic E-state index is 0.152. The molecule has 0 N–H and O–H groups in total. The van der Waals surface area contributed by atoms with Crippen LogP contribution in [0.3, 0.4) is 0 Å². The van der Waals surface area contributed by atoms with Crippen LogP contribution in [0.1, 0.15) is 11.1 Å². The maximum absolute atomic E-state index is 14.7. The van der Waals surface area contributed by atoms with Crippen molar-refractivity contribution >= 4 is 52.9 Å². The van der Waals surface area contributed by atoms with Crippen molar-refractivity contribution in [3.63, 3.8) is 0 Å². The molecule has 0 aromatic heterocycles. The minimum Gasteiger partial charge on any atom is -0.117 e. The normalized spacial score (nSPS) is 17.8. The van der Waals surface area contributed by atoms with Gasteiger partial charge in [-0.3, -0.25) is 0 Å². The second-order valence-corrected chi connectivity index (χ2v) is 14.2. The molecule has 0 nitrogen and oxygen atoms in total. The Morgan fingerprint density at radius 2 is 0.735 bits per heavy atom. The first-order valence-electron chi connectivity index (χ1n) is 9.21. The van der Waals surface area contributed by atoms with Gasteiger partial charge in [0.15, 0.2) is 0 Å². The Morgan fingerprint density at radius 1 is 0.471 bits per heavy atom. The Hall–Kier alpha value is -2.14. The summed E-state index contributed by atoms with van der Waals surface area (Å²) in [7, 11) is -18.6. The lowest BCUT2D eigenvalue weighted by Gasteiger charge is -2.49. The first-order chi connectivity index (χ1) is 15.2. The molecule has 0 saturated heterocycles. The lowest BCUT2D eigenvalue weighted by atomic mass is 10.2. The highest BCUT2D eigenvalue weighted by atomic mass is 35.5. The maximum Gasteiger partial charge on any atom is 0.205 e. The fourth-order valence-corrected chi connectivity index (χ4v) is 7.01. The van der Waals surface area contributed by atoms with E-state index in [2.05, 4.69) is 0 Å². The summed E-state index contributed by atoms with van der Waals surface area (Å²) in [4.78, 5) is -4.05. The van der Waals surface area contributed by atoms with Gasteiger partial charge in [-0.25, -0.2) is 0 Å². The third-order valence-electron chi connectivity index (χ3n) is 4.59. The summed E-state index contributed by atoms with van der Waals surface area (Å²) < 4.78 is 118. The summed E-state index contributed by atoms with van der Waals surface area (Å²) in [6.45, 7) is 0. The van der Waals surface area contributed by atoms with E-state index in [1.54, 1.807) is 0 Å². The fraction of sp³-hybridized carbons (Fsp3) is 0. The van der Waals surface area contributed by atoms with Gasteiger partial charge in [0.05, 0.1) is 30.7 Å². The molecular weight excluding hydrogens is 551 g/mol. The molecule has 0 fully saturated rings. The van der Waals surface area contributed by atoms with Crippen LogP contribution in [0.5, 0.6) is 0 Å². The Labute approximate surface area is 200 Å². The van der Waals surface area contributed by atoms with Crippen molar-refractivity contribution in [1.82, 2.24) is 0 Å². The van der Waals surface area contributed by atoms with Gasteiger partial charge in [0, 0.05) is 0 Å². The molecule has 186 valence electrons. The zero-order chi connectivity index (χ0) is 25.6. The van der Waals surface area contributed by atoms with Crippen molar-refractivity contribution < 1.29 is 31.1 Å². The van der Waals surface area contributed by atoms with Crippen LogP contribution < -0.4 is 0 Å². The zero-order valence-electron chi connectivity index (χ0n) is 16.8. The predicted molar refractivity (Wildman–Crippen MR) is 128 cm³/mol. The Bertz CT molecular complexity index is 1190. The largest absolute Gasteiger partial charge is 0.205 e. The molecule has 0 saturated carbocycles. The van der Waals surface area contributed by atoms with E-state index in [0.29, 0.717) is 0 Å². The summed E-state index contributed by atoms with van der Waals surface area (Å²) >= 11 is 11.3. The number of halogens is 10. The van der Waals surface area contributed by atoms with Gasteiger partial charge < -0.3 is 0 Å². The van der Waals surface area contributed by atoms with Crippen molar-refractivity contribution in [2.75, 3.05) is 0 Å². The quantitative estimate of drug-likeness (QED) is 0.260. The molecule has 0 bridgehead atoms. The van der Waals surface area contributed by atoms with Crippen LogP contribution >= 0.6 is 42.9 Å². The standard InChI is InChI=1S/C22H16Cl2F8S2/c23-21(17-7-3-1-4-8-17)15-33(25,26,27,28)19-11-13-20(14-12-19)34(29,30,31,32)16-22(24)18-9-5-2-6-10-18/h1-16H. The van der Waals surface area contributed by atoms with Gasteiger partial charge in [0.1, 0.15) is 0 Å². The summed E-state index contributed by atoms with van der Waals surface area (Å²) in [5, 5.41) is -3.49. The van der Waals surface area contributed by atoms with Crippen molar-refractivity contribution in [1.29, 1.82) is 0 Å². The molecule has 0 aliphatic carbocycles. The molecule has 12 heteroatoms. The molecule has 0 atom stereocenters. The van der Waals surface area contributed by atoms with E-state index >= 15 is 0 Å². The van der Waals surface area contributed by atoms with Gasteiger partial charge in [-0.15, -0.1) is 31.1 Å². The molecule has 3 aromatic carbocycles. The molecule has 3 rings (SSSR count). The Kier molecular flexibility index (Phi) is 5.60. The molecule has 0 spiro atoms. The third kappa shape index (κ3) is 5.73. The Morgan fingerprint density at radius 3 is 1.00 bits per heavy atom. The average Bonchev–Trinajstić information content (AvgIpc) is 2.73. The first kappa shape index (κ1) is 26.5. The molecular formula is C22H16Cl2F8S2. The highest BCUT2D eigenvalue weighted by Crippen LogP contribution is 3.04. The van der Waals surface area contributed by atoms with Crippen molar-refractivity contribution in [3.05, 3.63) is 107 Å². The highest BCUT2D eigenvalue weighted by Gasteiger charge is 2.65. The van der Waals surface area contributed by atoms with Crippen LogP contribution in [0.15, 0.2) is 106 Å². The van der Waals surface area contributed by atoms with E-state index in [-0.39, 0.29) is 35.4 Å². The van der Waals surface area contributed by atoms with Gasteiger partial charge in [0.25, 0.3) is 0 Å². The van der Waals surface area contributed by atoms with Crippen molar-refractivity contribution in [3.8, 4) is 0 Å². The molecule has 0 aliphatic heterocycles. The van der Waals surface area contributed by atoms with Gasteiger partial charge in [0.2, 0.25) is 19.7 Å². The van der Waals surface area contributed by atoms with Crippen LogP contribution in [-0.4, -0.2) is 0 Å². The summed E-state index contributed by atoms with van der Waals surface area (Å²) in [6, 6.07) is 12.6. The monoisotopic (exact) mass is 566 g/mol. The molecule has 0 radical (unpaired) electrons. The van der Waals surface area contributed by atoms with E-state index in [4.69, 9.17) is 23.2 Å². The molecule has 0 amide bonds. The average molecular weight is 567 g/mol. The number of rotatable bonds is 6. The minimum atomic E-state index is -9.30. The van der Waals surface area contributed by atoms with E-state index in [9.17, 15) is 31.1 Å². The third-order valence-corrected chi connectivity index (χ3v) is 9.44. The van der Waals surface area contributed by atoms with E-state index in [1.807, 2.05) is 0 Å². The van der Waals surface area contributed by atoms with Crippen LogP contribution in [0.25, 0.3) is 10.1 Å². The van der Waals surface area contributed by atoms with Gasteiger partial charge in [-0.05, 0) is 35.4 Å². The maximum atomic E-state index is 14.7. The summed E-state index contributed by atoms with van der Waals surface area (Å²) in [6.07, 6.45) is 0. The van der Waals surface area contributed by atoms with E-state index in [1.165, 1.54) is 60.7 Å². The van der Waals surface area contributed by atoms with E-state index in [0.717, 1.165) is 0 Å². The van der Waals surface area contributed by atoms with Crippen LogP contribution in [0.4, 0.5) is 31.1 Å². The molecule has 0 aliphatic rings. The molecule has 0 heterocycles. The second kappa shape index (κ2) is 7.19. The molecule has 34 heavy (non-hydrogen) atoms. The van der Waals surface area contributed by atoms with Crippen LogP contribution in [0, 0.1) is 0 Å².